The molecule has 1 fully saturated rings. The van der Waals surface area contributed by atoms with Gasteiger partial charge in [-0.25, -0.2) is 9.59 Å². The zero-order chi connectivity index (χ0) is 19.2. The molecule has 27 heavy (non-hydrogen) atoms. The summed E-state index contributed by atoms with van der Waals surface area (Å²) in [5.41, 5.74) is 3.48. The number of hydrogen-bond donors (Lipinski definition) is 1. The number of rotatable bonds is 3. The first-order valence-electron chi connectivity index (χ1n) is 8.91. The Balaban J connectivity index is 1.57. The summed E-state index contributed by atoms with van der Waals surface area (Å²) in [5.74, 6) is -1.18. The molecule has 2 aromatic rings. The van der Waals surface area contributed by atoms with E-state index in [0.717, 1.165) is 22.3 Å². The lowest BCUT2D eigenvalue weighted by atomic mass is 9.98. The van der Waals surface area contributed by atoms with Crippen LogP contribution >= 0.6 is 0 Å². The van der Waals surface area contributed by atoms with E-state index in [4.69, 9.17) is 9.47 Å². The van der Waals surface area contributed by atoms with E-state index in [1.165, 1.54) is 4.90 Å². The van der Waals surface area contributed by atoms with Gasteiger partial charge in [0.1, 0.15) is 12.3 Å². The summed E-state index contributed by atoms with van der Waals surface area (Å²) in [5, 5.41) is 9.38. The Morgan fingerprint density at radius 2 is 1.67 bits per heavy atom. The first kappa shape index (κ1) is 17.5. The highest BCUT2D eigenvalue weighted by molar-refractivity contribution is 5.82. The Morgan fingerprint density at radius 1 is 1.11 bits per heavy atom. The predicted molar refractivity (Wildman–Crippen MR) is 98.4 cm³/mol. The smallest absolute Gasteiger partial charge is 0.412 e. The molecule has 6 heteroatoms. The van der Waals surface area contributed by atoms with E-state index in [1.54, 1.807) is 13.8 Å². The largest absolute Gasteiger partial charge is 0.480 e. The van der Waals surface area contributed by atoms with Crippen molar-refractivity contribution in [1.82, 2.24) is 4.90 Å². The van der Waals surface area contributed by atoms with Gasteiger partial charge in [-0.05, 0) is 36.1 Å². The maximum atomic E-state index is 12.7. The third kappa shape index (κ3) is 2.86. The van der Waals surface area contributed by atoms with E-state index in [1.807, 2.05) is 36.4 Å². The number of nitrogens with zero attached hydrogens (tertiary/aromatic N) is 1. The summed E-state index contributed by atoms with van der Waals surface area (Å²) in [4.78, 5) is 25.3. The quantitative estimate of drug-likeness (QED) is 0.899. The van der Waals surface area contributed by atoms with Gasteiger partial charge < -0.3 is 14.6 Å². The predicted octanol–water partition coefficient (Wildman–Crippen LogP) is 3.46. The van der Waals surface area contributed by atoms with Crippen molar-refractivity contribution in [3.63, 3.8) is 0 Å². The molecule has 2 aromatic carbocycles. The van der Waals surface area contributed by atoms with Crippen LogP contribution in [-0.4, -0.2) is 47.0 Å². The first-order chi connectivity index (χ1) is 12.9. The van der Waals surface area contributed by atoms with Crippen LogP contribution < -0.4 is 0 Å². The van der Waals surface area contributed by atoms with Gasteiger partial charge in [-0.3, -0.25) is 4.90 Å². The second-order valence-corrected chi connectivity index (χ2v) is 7.29. The van der Waals surface area contributed by atoms with Crippen molar-refractivity contribution in [2.75, 3.05) is 13.2 Å². The summed E-state index contributed by atoms with van der Waals surface area (Å²) in [6.07, 6.45) is -0.674. The van der Waals surface area contributed by atoms with E-state index in [2.05, 4.69) is 12.1 Å². The number of hydrogen-bond acceptors (Lipinski definition) is 4. The minimum atomic E-state index is -1.10. The van der Waals surface area contributed by atoms with Crippen LogP contribution in [0, 0.1) is 0 Å². The van der Waals surface area contributed by atoms with Gasteiger partial charge in [-0.1, -0.05) is 48.5 Å². The Morgan fingerprint density at radius 3 is 2.22 bits per heavy atom. The van der Waals surface area contributed by atoms with Gasteiger partial charge in [0, 0.05) is 5.92 Å². The van der Waals surface area contributed by atoms with Gasteiger partial charge in [0.05, 0.1) is 6.61 Å². The Bertz CT molecular complexity index is 861. The molecule has 0 bridgehead atoms. The molecule has 140 valence electrons. The van der Waals surface area contributed by atoms with E-state index < -0.39 is 23.8 Å². The van der Waals surface area contributed by atoms with Crippen molar-refractivity contribution in [2.45, 2.75) is 31.5 Å². The lowest BCUT2D eigenvalue weighted by Crippen LogP contribution is -2.51. The zero-order valence-corrected chi connectivity index (χ0v) is 15.2. The number of carbonyl (C=O) groups is 2. The Labute approximate surface area is 157 Å². The normalized spacial score (nSPS) is 20.2. The molecule has 2 aliphatic rings. The highest BCUT2D eigenvalue weighted by atomic mass is 16.6. The molecule has 1 aliphatic carbocycles. The molecule has 1 atom stereocenters. The molecule has 1 N–H and O–H groups in total. The van der Waals surface area contributed by atoms with Gasteiger partial charge in [0.25, 0.3) is 0 Å². The first-order valence-corrected chi connectivity index (χ1v) is 8.91. The lowest BCUT2D eigenvalue weighted by molar-refractivity contribution is -0.142. The standard InChI is InChI=1S/C21H21NO5/c1-21(2)22(18(12-27-21)19(23)24)20(25)26-11-17-15-9-5-3-7-13(15)14-8-4-6-10-16(14)17/h3-10,17-18H,11-12H2,1-2H3,(H,23,24)/t18-/m0/s1. The summed E-state index contributed by atoms with van der Waals surface area (Å²) in [6.45, 7) is 3.42. The van der Waals surface area contributed by atoms with E-state index in [9.17, 15) is 14.7 Å². The summed E-state index contributed by atoms with van der Waals surface area (Å²) >= 11 is 0. The second-order valence-electron chi connectivity index (χ2n) is 7.29. The number of fused-ring (bicyclic) bond motifs is 3. The topological polar surface area (TPSA) is 76.1 Å². The van der Waals surface area contributed by atoms with Crippen LogP contribution in [-0.2, 0) is 14.3 Å². The molecule has 0 radical (unpaired) electrons. The fraction of sp³-hybridized carbons (Fsp3) is 0.333. The van der Waals surface area contributed by atoms with E-state index in [-0.39, 0.29) is 19.1 Å². The Kier molecular flexibility index (Phi) is 4.15. The van der Waals surface area contributed by atoms with Crippen LogP contribution in [0.15, 0.2) is 48.5 Å². The lowest BCUT2D eigenvalue weighted by Gasteiger charge is -2.31. The highest BCUT2D eigenvalue weighted by Crippen LogP contribution is 2.44. The fourth-order valence-corrected chi connectivity index (χ4v) is 3.99. The molecule has 6 nitrogen and oxygen atoms in total. The molecule has 4 rings (SSSR count). The number of carboxylic acids is 1. The highest BCUT2D eigenvalue weighted by Gasteiger charge is 2.48. The second kappa shape index (κ2) is 6.39. The van der Waals surface area contributed by atoms with Crippen LogP contribution in [0.3, 0.4) is 0 Å². The molecule has 1 heterocycles. The monoisotopic (exact) mass is 367 g/mol. The number of benzene rings is 2. The summed E-state index contributed by atoms with van der Waals surface area (Å²) in [6, 6.07) is 15.1. The van der Waals surface area contributed by atoms with Crippen LogP contribution in [0.4, 0.5) is 4.79 Å². The van der Waals surface area contributed by atoms with Gasteiger partial charge in [-0.2, -0.15) is 0 Å². The molecule has 0 aromatic heterocycles. The average molecular weight is 367 g/mol. The maximum absolute atomic E-state index is 12.7. The molecule has 0 unspecified atom stereocenters. The average Bonchev–Trinajstić information content (AvgIpc) is 3.14. The number of aliphatic carboxylic acids is 1. The minimum absolute atomic E-state index is 0.0491. The Hall–Kier alpha value is -2.86. The molecule has 0 spiro atoms. The van der Waals surface area contributed by atoms with Crippen molar-refractivity contribution in [3.8, 4) is 11.1 Å². The number of amides is 1. The molecule has 0 saturated carbocycles. The number of carbonyl (C=O) groups excluding carboxylic acids is 1. The summed E-state index contributed by atoms with van der Waals surface area (Å²) < 4.78 is 11.1. The van der Waals surface area contributed by atoms with Crippen LogP contribution in [0.1, 0.15) is 30.9 Å². The third-order valence-corrected chi connectivity index (χ3v) is 5.30. The third-order valence-electron chi connectivity index (χ3n) is 5.30. The molecular weight excluding hydrogens is 346 g/mol. The van der Waals surface area contributed by atoms with E-state index in [0.29, 0.717) is 0 Å². The van der Waals surface area contributed by atoms with Gasteiger partial charge >= 0.3 is 12.1 Å². The van der Waals surface area contributed by atoms with Crippen LogP contribution in [0.5, 0.6) is 0 Å². The summed E-state index contributed by atoms with van der Waals surface area (Å²) in [7, 11) is 0. The van der Waals surface area contributed by atoms with Gasteiger partial charge in [0.2, 0.25) is 0 Å². The fourth-order valence-electron chi connectivity index (χ4n) is 3.99. The van der Waals surface area contributed by atoms with Gasteiger partial charge in [-0.15, -0.1) is 0 Å². The minimum Gasteiger partial charge on any atom is -0.480 e. The number of carboxylic acid groups (broad SMARTS) is 1. The van der Waals surface area contributed by atoms with Crippen LogP contribution in [0.2, 0.25) is 0 Å². The maximum Gasteiger partial charge on any atom is 0.412 e. The van der Waals surface area contributed by atoms with Gasteiger partial charge in [0.15, 0.2) is 6.04 Å². The number of ether oxygens (including phenoxy) is 2. The molecule has 1 aliphatic heterocycles. The molecular formula is C21H21NO5. The van der Waals surface area contributed by atoms with E-state index >= 15 is 0 Å². The van der Waals surface area contributed by atoms with Crippen LogP contribution in [0.25, 0.3) is 11.1 Å². The van der Waals surface area contributed by atoms with Crippen molar-refractivity contribution in [3.05, 3.63) is 59.7 Å². The zero-order valence-electron chi connectivity index (χ0n) is 15.2. The van der Waals surface area contributed by atoms with Crippen molar-refractivity contribution in [2.24, 2.45) is 0 Å². The van der Waals surface area contributed by atoms with Crippen molar-refractivity contribution < 1.29 is 24.2 Å². The SMILES string of the molecule is CC1(C)OC[C@@H](C(=O)O)N1C(=O)OCC1c2ccccc2-c2ccccc21. The molecule has 1 saturated heterocycles. The van der Waals surface area contributed by atoms with Crippen molar-refractivity contribution >= 4 is 12.1 Å². The van der Waals surface area contributed by atoms with Crippen molar-refractivity contribution in [1.29, 1.82) is 0 Å². The molecule has 1 amide bonds.